The molecule has 1 heteroatoms. The summed E-state index contributed by atoms with van der Waals surface area (Å²) in [5.74, 6) is 0.691. The molecule has 64 valence electrons. The van der Waals surface area contributed by atoms with Crippen molar-refractivity contribution in [2.24, 2.45) is 0 Å². The second kappa shape index (κ2) is 3.10. The van der Waals surface area contributed by atoms with E-state index in [1.54, 1.807) is 0 Å². The van der Waals surface area contributed by atoms with Gasteiger partial charge in [0, 0.05) is 0 Å². The summed E-state index contributed by atoms with van der Waals surface area (Å²) in [6.45, 7) is 2.28. The van der Waals surface area contributed by atoms with Crippen LogP contribution in [0.2, 0.25) is 0 Å². The van der Waals surface area contributed by atoms with E-state index in [4.69, 9.17) is 11.6 Å². The van der Waals surface area contributed by atoms with E-state index in [1.165, 1.54) is 17.5 Å². The predicted molar refractivity (Wildman–Crippen MR) is 52.7 cm³/mol. The van der Waals surface area contributed by atoms with Crippen LogP contribution in [0.5, 0.6) is 0 Å². The number of benzene rings is 1. The van der Waals surface area contributed by atoms with E-state index in [-0.39, 0.29) is 5.38 Å². The second-order valence-corrected chi connectivity index (χ2v) is 4.10. The van der Waals surface area contributed by atoms with Crippen molar-refractivity contribution in [2.75, 3.05) is 0 Å². The first-order valence-electron chi connectivity index (χ1n) is 4.52. The van der Waals surface area contributed by atoms with E-state index in [0.29, 0.717) is 5.92 Å². The average Bonchev–Trinajstić information content (AvgIpc) is 2.12. The summed E-state index contributed by atoms with van der Waals surface area (Å²) >= 11 is 6.21. The van der Waals surface area contributed by atoms with Crippen LogP contribution in [0, 0.1) is 0 Å². The van der Waals surface area contributed by atoms with Crippen molar-refractivity contribution in [2.45, 2.75) is 31.1 Å². The second-order valence-electron chi connectivity index (χ2n) is 3.57. The van der Waals surface area contributed by atoms with Crippen LogP contribution in [0.3, 0.4) is 0 Å². The Labute approximate surface area is 78.6 Å². The Hall–Kier alpha value is -0.490. The van der Waals surface area contributed by atoms with E-state index in [9.17, 15) is 0 Å². The quantitative estimate of drug-likeness (QED) is 0.532. The predicted octanol–water partition coefficient (Wildman–Crippen LogP) is 3.86. The molecule has 1 aliphatic rings. The molecule has 1 aliphatic carbocycles. The van der Waals surface area contributed by atoms with Crippen LogP contribution in [-0.4, -0.2) is 0 Å². The summed E-state index contributed by atoms with van der Waals surface area (Å²) in [6.07, 6.45) is 2.35. The van der Waals surface area contributed by atoms with Crippen molar-refractivity contribution in [3.63, 3.8) is 0 Å². The van der Waals surface area contributed by atoms with Crippen LogP contribution in [0.4, 0.5) is 0 Å². The Balaban J connectivity index is 2.47. The van der Waals surface area contributed by atoms with Crippen molar-refractivity contribution < 1.29 is 0 Å². The van der Waals surface area contributed by atoms with Gasteiger partial charge in [-0.05, 0) is 29.9 Å². The van der Waals surface area contributed by atoms with Gasteiger partial charge in [-0.2, -0.15) is 0 Å². The highest BCUT2D eigenvalue weighted by Gasteiger charge is 2.21. The van der Waals surface area contributed by atoms with Gasteiger partial charge in [0.2, 0.25) is 0 Å². The van der Waals surface area contributed by atoms with Crippen molar-refractivity contribution >= 4 is 11.6 Å². The van der Waals surface area contributed by atoms with Gasteiger partial charge in [0.05, 0.1) is 5.38 Å². The third-order valence-electron chi connectivity index (χ3n) is 2.72. The molecule has 0 N–H and O–H groups in total. The first kappa shape index (κ1) is 8.12. The molecule has 2 atom stereocenters. The van der Waals surface area contributed by atoms with Crippen molar-refractivity contribution in [3.8, 4) is 0 Å². The maximum atomic E-state index is 6.21. The molecule has 12 heavy (non-hydrogen) atoms. The zero-order valence-corrected chi connectivity index (χ0v) is 8.01. The molecular weight excluding hydrogens is 168 g/mol. The molecule has 1 aromatic rings. The Bertz CT molecular complexity index is 251. The highest BCUT2D eigenvalue weighted by Crippen LogP contribution is 2.40. The highest BCUT2D eigenvalue weighted by molar-refractivity contribution is 6.21. The fourth-order valence-electron chi connectivity index (χ4n) is 1.95. The van der Waals surface area contributed by atoms with Crippen molar-refractivity contribution in [1.29, 1.82) is 0 Å². The van der Waals surface area contributed by atoms with Gasteiger partial charge >= 0.3 is 0 Å². The molecule has 2 rings (SSSR count). The van der Waals surface area contributed by atoms with Gasteiger partial charge in [-0.3, -0.25) is 0 Å². The minimum Gasteiger partial charge on any atom is -0.118 e. The minimum atomic E-state index is 0.248. The number of rotatable bonds is 0. The molecular formula is C11H13Cl. The number of fused-ring (bicyclic) bond motifs is 1. The fraction of sp³-hybridized carbons (Fsp3) is 0.455. The van der Waals surface area contributed by atoms with E-state index in [1.807, 2.05) is 0 Å². The molecule has 2 unspecified atom stereocenters. The molecule has 0 aromatic heterocycles. The maximum Gasteiger partial charge on any atom is 0.0588 e. The number of hydrogen-bond acceptors (Lipinski definition) is 0. The van der Waals surface area contributed by atoms with Gasteiger partial charge in [0.1, 0.15) is 0 Å². The smallest absolute Gasteiger partial charge is 0.0588 e. The summed E-state index contributed by atoms with van der Waals surface area (Å²) in [5, 5.41) is 0.248. The molecule has 0 radical (unpaired) electrons. The molecule has 0 bridgehead atoms. The lowest BCUT2D eigenvalue weighted by molar-refractivity contribution is 0.579. The Morgan fingerprint density at radius 1 is 1.17 bits per heavy atom. The van der Waals surface area contributed by atoms with E-state index in [0.717, 1.165) is 6.42 Å². The molecule has 1 aromatic carbocycles. The zero-order chi connectivity index (χ0) is 8.55. The minimum absolute atomic E-state index is 0.248. The molecule has 0 fully saturated rings. The van der Waals surface area contributed by atoms with Gasteiger partial charge in [-0.1, -0.05) is 31.2 Å². The molecule has 0 saturated carbocycles. The van der Waals surface area contributed by atoms with Gasteiger partial charge < -0.3 is 0 Å². The molecule has 0 amide bonds. The first-order chi connectivity index (χ1) is 5.79. The molecule has 0 aliphatic heterocycles. The lowest BCUT2D eigenvalue weighted by Crippen LogP contribution is -2.08. The highest BCUT2D eigenvalue weighted by atomic mass is 35.5. The van der Waals surface area contributed by atoms with Gasteiger partial charge in [-0.15, -0.1) is 11.6 Å². The van der Waals surface area contributed by atoms with Gasteiger partial charge in [0.25, 0.3) is 0 Å². The van der Waals surface area contributed by atoms with Gasteiger partial charge in [0.15, 0.2) is 0 Å². The normalized spacial score (nSPS) is 28.2. The standard InChI is InChI=1S/C11H13Cl/c1-8-6-7-11(12)10-5-3-2-4-9(8)10/h2-5,8,11H,6-7H2,1H3. The molecule has 0 saturated heterocycles. The summed E-state index contributed by atoms with van der Waals surface area (Å²) in [4.78, 5) is 0. The van der Waals surface area contributed by atoms with E-state index in [2.05, 4.69) is 31.2 Å². The van der Waals surface area contributed by atoms with Gasteiger partial charge in [-0.25, -0.2) is 0 Å². The fourth-order valence-corrected chi connectivity index (χ4v) is 2.28. The summed E-state index contributed by atoms with van der Waals surface area (Å²) in [5.41, 5.74) is 2.79. The molecule has 0 spiro atoms. The lowest BCUT2D eigenvalue weighted by Gasteiger charge is -2.25. The third-order valence-corrected chi connectivity index (χ3v) is 3.17. The van der Waals surface area contributed by atoms with Crippen LogP contribution in [-0.2, 0) is 0 Å². The monoisotopic (exact) mass is 180 g/mol. The summed E-state index contributed by atoms with van der Waals surface area (Å²) in [6, 6.07) is 8.54. The maximum absolute atomic E-state index is 6.21. The third kappa shape index (κ3) is 1.25. The number of halogens is 1. The van der Waals surface area contributed by atoms with Crippen LogP contribution >= 0.6 is 11.6 Å². The largest absolute Gasteiger partial charge is 0.118 e. The van der Waals surface area contributed by atoms with Crippen LogP contribution in [0.1, 0.15) is 42.2 Å². The first-order valence-corrected chi connectivity index (χ1v) is 4.95. The SMILES string of the molecule is CC1CCC(Cl)c2ccccc21. The lowest BCUT2D eigenvalue weighted by atomic mass is 9.84. The average molecular weight is 181 g/mol. The number of hydrogen-bond donors (Lipinski definition) is 0. The Morgan fingerprint density at radius 3 is 2.50 bits per heavy atom. The van der Waals surface area contributed by atoms with E-state index < -0.39 is 0 Å². The Kier molecular flexibility index (Phi) is 2.10. The molecule has 0 heterocycles. The van der Waals surface area contributed by atoms with Crippen LogP contribution in [0.15, 0.2) is 24.3 Å². The summed E-state index contributed by atoms with van der Waals surface area (Å²) < 4.78 is 0. The summed E-state index contributed by atoms with van der Waals surface area (Å²) in [7, 11) is 0. The van der Waals surface area contributed by atoms with Crippen LogP contribution < -0.4 is 0 Å². The molecule has 0 nitrogen and oxygen atoms in total. The van der Waals surface area contributed by atoms with E-state index >= 15 is 0 Å². The van der Waals surface area contributed by atoms with Crippen molar-refractivity contribution in [1.82, 2.24) is 0 Å². The number of alkyl halides is 1. The van der Waals surface area contributed by atoms with Crippen LogP contribution in [0.25, 0.3) is 0 Å². The van der Waals surface area contributed by atoms with Crippen molar-refractivity contribution in [3.05, 3.63) is 35.4 Å². The topological polar surface area (TPSA) is 0 Å². The zero-order valence-electron chi connectivity index (χ0n) is 7.26. The Morgan fingerprint density at radius 2 is 1.83 bits per heavy atom.